The lowest BCUT2D eigenvalue weighted by Gasteiger charge is -2.00. The minimum atomic E-state index is -0.444. The van der Waals surface area contributed by atoms with Crippen molar-refractivity contribution in [3.05, 3.63) is 41.0 Å². The molecule has 7 nitrogen and oxygen atoms in total. The highest BCUT2D eigenvalue weighted by Gasteiger charge is 2.13. The number of carbonyl (C=O) groups is 1. The Labute approximate surface area is 118 Å². The molecule has 0 spiro atoms. The number of thiazole rings is 1. The van der Waals surface area contributed by atoms with Crippen LogP contribution < -0.4 is 5.32 Å². The predicted octanol–water partition coefficient (Wildman–Crippen LogP) is 1.88. The third kappa shape index (κ3) is 2.41. The first-order valence-corrected chi connectivity index (χ1v) is 6.68. The Balaban J connectivity index is 1.81. The molecule has 100 valence electrons. The van der Waals surface area contributed by atoms with Crippen LogP contribution in [0.2, 0.25) is 0 Å². The molecule has 0 fully saturated rings. The topological polar surface area (TPSA) is 96.5 Å². The molecule has 0 unspecified atom stereocenters. The Morgan fingerprint density at radius 2 is 2.20 bits per heavy atom. The highest BCUT2D eigenvalue weighted by Crippen LogP contribution is 2.28. The van der Waals surface area contributed by atoms with E-state index in [1.165, 1.54) is 11.3 Å². The van der Waals surface area contributed by atoms with Crippen molar-refractivity contribution >= 4 is 23.1 Å². The van der Waals surface area contributed by atoms with Crippen LogP contribution in [0.5, 0.6) is 0 Å². The van der Waals surface area contributed by atoms with Gasteiger partial charge in [0.25, 0.3) is 11.7 Å². The van der Waals surface area contributed by atoms with Gasteiger partial charge in [0.2, 0.25) is 0 Å². The van der Waals surface area contributed by atoms with Crippen molar-refractivity contribution in [2.45, 2.75) is 6.92 Å². The molecule has 0 saturated carbocycles. The highest BCUT2D eigenvalue weighted by molar-refractivity contribution is 7.13. The Morgan fingerprint density at radius 1 is 1.35 bits per heavy atom. The van der Waals surface area contributed by atoms with Crippen LogP contribution in [-0.2, 0) is 0 Å². The van der Waals surface area contributed by atoms with E-state index in [1.54, 1.807) is 5.38 Å². The lowest BCUT2D eigenvalue weighted by Crippen LogP contribution is -2.14. The van der Waals surface area contributed by atoms with Crippen LogP contribution in [-0.4, -0.2) is 31.5 Å². The molecule has 0 aliphatic rings. The first kappa shape index (κ1) is 12.4. The first-order chi connectivity index (χ1) is 9.74. The van der Waals surface area contributed by atoms with E-state index in [9.17, 15) is 4.79 Å². The van der Waals surface area contributed by atoms with Gasteiger partial charge in [0.1, 0.15) is 10.8 Å². The predicted molar refractivity (Wildman–Crippen MR) is 74.4 cm³/mol. The summed E-state index contributed by atoms with van der Waals surface area (Å²) in [5.41, 5.74) is 2.19. The number of carbonyl (C=O) groups excluding carboxylic acids is 1. The van der Waals surface area contributed by atoms with Gasteiger partial charge in [0.15, 0.2) is 0 Å². The monoisotopic (exact) mass is 286 g/mol. The Bertz CT molecular complexity index is 736. The van der Waals surface area contributed by atoms with Gasteiger partial charge in [0.05, 0.1) is 0 Å². The lowest BCUT2D eigenvalue weighted by atomic mass is 10.1. The third-order valence-electron chi connectivity index (χ3n) is 2.67. The average molecular weight is 286 g/mol. The number of H-pyrrole nitrogens is 1. The Hall–Kier alpha value is -2.61. The fraction of sp³-hybridized carbons (Fsp3) is 0.0833. The second-order valence-electron chi connectivity index (χ2n) is 4.04. The molecular weight excluding hydrogens is 276 g/mol. The third-order valence-corrected chi connectivity index (χ3v) is 3.55. The summed E-state index contributed by atoms with van der Waals surface area (Å²) < 4.78 is 0. The van der Waals surface area contributed by atoms with Gasteiger partial charge in [-0.1, -0.05) is 24.3 Å². The van der Waals surface area contributed by atoms with Crippen molar-refractivity contribution in [1.29, 1.82) is 0 Å². The van der Waals surface area contributed by atoms with Crippen LogP contribution in [0.4, 0.5) is 5.82 Å². The summed E-state index contributed by atoms with van der Waals surface area (Å²) in [6.45, 7) is 2.02. The number of tetrazole rings is 1. The van der Waals surface area contributed by atoms with Crippen LogP contribution in [0.1, 0.15) is 16.2 Å². The number of hydrogen-bond acceptors (Lipinski definition) is 6. The summed E-state index contributed by atoms with van der Waals surface area (Å²) in [6.07, 6.45) is 0. The van der Waals surface area contributed by atoms with Crippen LogP contribution in [0.3, 0.4) is 0 Å². The minimum Gasteiger partial charge on any atom is -0.303 e. The number of benzene rings is 1. The van der Waals surface area contributed by atoms with Gasteiger partial charge < -0.3 is 5.32 Å². The van der Waals surface area contributed by atoms with Crippen molar-refractivity contribution in [3.63, 3.8) is 0 Å². The summed E-state index contributed by atoms with van der Waals surface area (Å²) in [5.74, 6) is 0.0129. The number of anilines is 1. The number of aromatic amines is 1. The minimum absolute atomic E-state index is 0.0181. The van der Waals surface area contributed by atoms with E-state index in [-0.39, 0.29) is 5.82 Å². The summed E-state index contributed by atoms with van der Waals surface area (Å²) in [6, 6.07) is 7.96. The summed E-state index contributed by atoms with van der Waals surface area (Å²) in [7, 11) is 0. The maximum absolute atomic E-state index is 11.8. The smallest absolute Gasteiger partial charge is 0.298 e. The van der Waals surface area contributed by atoms with Crippen LogP contribution in [0, 0.1) is 6.92 Å². The van der Waals surface area contributed by atoms with Gasteiger partial charge in [-0.05, 0) is 17.7 Å². The Kier molecular flexibility index (Phi) is 3.21. The van der Waals surface area contributed by atoms with Gasteiger partial charge in [-0.25, -0.2) is 4.98 Å². The molecule has 1 amide bonds. The lowest BCUT2D eigenvalue weighted by molar-refractivity contribution is 0.101. The summed E-state index contributed by atoms with van der Waals surface area (Å²) in [5, 5.41) is 18.0. The molecule has 3 aromatic rings. The zero-order valence-electron chi connectivity index (χ0n) is 10.5. The Morgan fingerprint density at radius 3 is 2.95 bits per heavy atom. The number of rotatable bonds is 3. The molecule has 1 aromatic carbocycles. The number of hydrogen-bond donors (Lipinski definition) is 2. The first-order valence-electron chi connectivity index (χ1n) is 5.80. The molecule has 0 radical (unpaired) electrons. The fourth-order valence-electron chi connectivity index (χ4n) is 1.70. The summed E-state index contributed by atoms with van der Waals surface area (Å²) in [4.78, 5) is 16.1. The van der Waals surface area contributed by atoms with Crippen LogP contribution in [0.25, 0.3) is 10.6 Å². The van der Waals surface area contributed by atoms with Crippen molar-refractivity contribution in [3.8, 4) is 10.6 Å². The maximum Gasteiger partial charge on any atom is 0.298 e. The molecule has 0 saturated heterocycles. The SMILES string of the molecule is Cc1ccccc1-c1nc(NC(=O)c2nn[nH]n2)cs1. The molecule has 20 heavy (non-hydrogen) atoms. The van der Waals surface area contributed by atoms with E-state index in [4.69, 9.17) is 0 Å². The second kappa shape index (κ2) is 5.17. The molecule has 2 N–H and O–H groups in total. The zero-order valence-corrected chi connectivity index (χ0v) is 11.3. The quantitative estimate of drug-likeness (QED) is 0.766. The summed E-state index contributed by atoms with van der Waals surface area (Å²) >= 11 is 1.47. The van der Waals surface area contributed by atoms with E-state index in [1.807, 2.05) is 31.2 Å². The molecule has 8 heteroatoms. The number of nitrogens with zero attached hydrogens (tertiary/aromatic N) is 4. The molecule has 2 heterocycles. The highest BCUT2D eigenvalue weighted by atomic mass is 32.1. The van der Waals surface area contributed by atoms with Crippen LogP contribution in [0.15, 0.2) is 29.6 Å². The van der Waals surface area contributed by atoms with Gasteiger partial charge in [-0.15, -0.1) is 21.5 Å². The van der Waals surface area contributed by atoms with E-state index >= 15 is 0 Å². The number of aromatic nitrogens is 5. The largest absolute Gasteiger partial charge is 0.303 e. The van der Waals surface area contributed by atoms with Crippen molar-refractivity contribution in [1.82, 2.24) is 25.6 Å². The van der Waals surface area contributed by atoms with Gasteiger partial charge in [-0.2, -0.15) is 5.21 Å². The molecule has 0 aliphatic carbocycles. The molecule has 3 rings (SSSR count). The molecular formula is C12H10N6OS. The van der Waals surface area contributed by atoms with Crippen molar-refractivity contribution in [2.75, 3.05) is 5.32 Å². The van der Waals surface area contributed by atoms with E-state index in [0.29, 0.717) is 5.82 Å². The number of aryl methyl sites for hydroxylation is 1. The maximum atomic E-state index is 11.8. The van der Waals surface area contributed by atoms with Gasteiger partial charge in [0, 0.05) is 10.9 Å². The van der Waals surface area contributed by atoms with E-state index in [0.717, 1.165) is 16.1 Å². The van der Waals surface area contributed by atoms with Gasteiger partial charge >= 0.3 is 0 Å². The number of nitrogens with one attached hydrogen (secondary N) is 2. The molecule has 0 bridgehead atoms. The normalized spacial score (nSPS) is 10.4. The molecule has 0 aliphatic heterocycles. The van der Waals surface area contributed by atoms with Crippen molar-refractivity contribution in [2.24, 2.45) is 0 Å². The fourth-order valence-corrected chi connectivity index (χ4v) is 2.54. The van der Waals surface area contributed by atoms with E-state index < -0.39 is 5.91 Å². The number of amides is 1. The molecule has 0 atom stereocenters. The van der Waals surface area contributed by atoms with Crippen LogP contribution >= 0.6 is 11.3 Å². The molecule has 2 aromatic heterocycles. The standard InChI is InChI=1S/C12H10N6OS/c1-7-4-2-3-5-8(7)12-14-9(6-20-12)13-11(19)10-15-17-18-16-10/h2-6H,1H3,(H,13,19)(H,15,16,17,18). The average Bonchev–Trinajstić information content (AvgIpc) is 3.10. The second-order valence-corrected chi connectivity index (χ2v) is 4.90. The zero-order chi connectivity index (χ0) is 13.9. The van der Waals surface area contributed by atoms with E-state index in [2.05, 4.69) is 30.9 Å². The van der Waals surface area contributed by atoms with Gasteiger partial charge in [-0.3, -0.25) is 4.79 Å². The van der Waals surface area contributed by atoms with Crippen molar-refractivity contribution < 1.29 is 4.79 Å².